The first-order valence-electron chi connectivity index (χ1n) is 9.11. The van der Waals surface area contributed by atoms with E-state index in [0.29, 0.717) is 30.2 Å². The molecule has 1 amide bonds. The maximum Gasteiger partial charge on any atom is 0.278 e. The number of halogens is 2. The lowest BCUT2D eigenvalue weighted by Gasteiger charge is -2.32. The van der Waals surface area contributed by atoms with E-state index in [0.717, 1.165) is 0 Å². The molecule has 0 N–H and O–H groups in total. The molecule has 0 aliphatic carbocycles. The molecular weight excluding hydrogens is 382 g/mol. The Morgan fingerprint density at radius 3 is 2.66 bits per heavy atom. The van der Waals surface area contributed by atoms with Crippen molar-refractivity contribution < 1.29 is 22.9 Å². The Bertz CT molecular complexity index is 1020. The number of aromatic nitrogens is 3. The third-order valence-corrected chi connectivity index (χ3v) is 4.79. The molecule has 1 aliphatic heterocycles. The SMILES string of the molecule is Cc1nonc1C(=O)N1CCO[C@H](c2cccc(Cc3c(F)cccc3F)n2)C1. The van der Waals surface area contributed by atoms with Crippen LogP contribution in [0.3, 0.4) is 0 Å². The second-order valence-corrected chi connectivity index (χ2v) is 6.74. The molecule has 4 rings (SSSR count). The van der Waals surface area contributed by atoms with Gasteiger partial charge in [0.1, 0.15) is 23.4 Å². The number of amides is 1. The van der Waals surface area contributed by atoms with Gasteiger partial charge in [-0.25, -0.2) is 13.4 Å². The summed E-state index contributed by atoms with van der Waals surface area (Å²) < 4.78 is 38.3. The smallest absolute Gasteiger partial charge is 0.278 e. The van der Waals surface area contributed by atoms with E-state index in [1.165, 1.54) is 18.2 Å². The predicted octanol–water partition coefficient (Wildman–Crippen LogP) is 2.86. The van der Waals surface area contributed by atoms with Gasteiger partial charge in [-0.3, -0.25) is 9.78 Å². The van der Waals surface area contributed by atoms with Crippen molar-refractivity contribution in [3.05, 3.63) is 76.4 Å². The van der Waals surface area contributed by atoms with Gasteiger partial charge in [0.05, 0.1) is 18.8 Å². The minimum atomic E-state index is -0.612. The summed E-state index contributed by atoms with van der Waals surface area (Å²) in [7, 11) is 0. The first-order chi connectivity index (χ1) is 14.0. The van der Waals surface area contributed by atoms with Crippen LogP contribution in [0.25, 0.3) is 0 Å². The van der Waals surface area contributed by atoms with Crippen molar-refractivity contribution in [2.75, 3.05) is 19.7 Å². The third-order valence-electron chi connectivity index (χ3n) is 4.79. The highest BCUT2D eigenvalue weighted by atomic mass is 19.1. The molecular formula is C20H18F2N4O3. The van der Waals surface area contributed by atoms with Gasteiger partial charge in [0.25, 0.3) is 5.91 Å². The van der Waals surface area contributed by atoms with Crippen LogP contribution < -0.4 is 0 Å². The number of aryl methyl sites for hydroxylation is 1. The Morgan fingerprint density at radius 2 is 1.93 bits per heavy atom. The van der Waals surface area contributed by atoms with Crippen LogP contribution in [-0.4, -0.2) is 45.8 Å². The average molecular weight is 400 g/mol. The van der Waals surface area contributed by atoms with E-state index in [9.17, 15) is 13.6 Å². The maximum absolute atomic E-state index is 13.9. The molecule has 1 aliphatic rings. The quantitative estimate of drug-likeness (QED) is 0.670. The Kier molecular flexibility index (Phi) is 5.30. The van der Waals surface area contributed by atoms with Crippen LogP contribution in [0.2, 0.25) is 0 Å². The fourth-order valence-corrected chi connectivity index (χ4v) is 3.25. The van der Waals surface area contributed by atoms with Gasteiger partial charge in [-0.2, -0.15) is 0 Å². The largest absolute Gasteiger partial charge is 0.368 e. The molecule has 7 nitrogen and oxygen atoms in total. The van der Waals surface area contributed by atoms with Gasteiger partial charge in [-0.05, 0) is 36.3 Å². The lowest BCUT2D eigenvalue weighted by Crippen LogP contribution is -2.42. The predicted molar refractivity (Wildman–Crippen MR) is 97.0 cm³/mol. The molecule has 1 saturated heterocycles. The third kappa shape index (κ3) is 4.00. The minimum Gasteiger partial charge on any atom is -0.368 e. The highest BCUT2D eigenvalue weighted by molar-refractivity contribution is 5.93. The molecule has 1 fully saturated rings. The summed E-state index contributed by atoms with van der Waals surface area (Å²) in [5.74, 6) is -1.51. The second kappa shape index (κ2) is 8.04. The van der Waals surface area contributed by atoms with Crippen LogP contribution in [0.5, 0.6) is 0 Å². The molecule has 150 valence electrons. The summed E-state index contributed by atoms with van der Waals surface area (Å²) in [6, 6.07) is 8.99. The van der Waals surface area contributed by atoms with Crippen molar-refractivity contribution in [2.24, 2.45) is 0 Å². The van der Waals surface area contributed by atoms with Crippen molar-refractivity contribution in [3.63, 3.8) is 0 Å². The Labute approximate surface area is 165 Å². The van der Waals surface area contributed by atoms with Crippen molar-refractivity contribution in [1.82, 2.24) is 20.2 Å². The van der Waals surface area contributed by atoms with E-state index in [2.05, 4.69) is 19.9 Å². The number of ether oxygens (including phenoxy) is 1. The first-order valence-corrected chi connectivity index (χ1v) is 9.11. The fourth-order valence-electron chi connectivity index (χ4n) is 3.25. The number of nitrogens with zero attached hydrogens (tertiary/aromatic N) is 4. The van der Waals surface area contributed by atoms with E-state index in [4.69, 9.17) is 4.74 Å². The highest BCUT2D eigenvalue weighted by Crippen LogP contribution is 2.23. The molecule has 3 heterocycles. The lowest BCUT2D eigenvalue weighted by atomic mass is 10.1. The molecule has 0 bridgehead atoms. The molecule has 0 unspecified atom stereocenters. The van der Waals surface area contributed by atoms with Crippen LogP contribution in [0.15, 0.2) is 41.0 Å². The van der Waals surface area contributed by atoms with Crippen molar-refractivity contribution in [2.45, 2.75) is 19.4 Å². The summed E-state index contributed by atoms with van der Waals surface area (Å²) in [6.07, 6.45) is -0.441. The molecule has 1 atom stereocenters. The number of benzene rings is 1. The van der Waals surface area contributed by atoms with Crippen molar-refractivity contribution in [1.29, 1.82) is 0 Å². The number of rotatable bonds is 4. The van der Waals surface area contributed by atoms with E-state index in [1.807, 2.05) is 0 Å². The fraction of sp³-hybridized carbons (Fsp3) is 0.300. The highest BCUT2D eigenvalue weighted by Gasteiger charge is 2.29. The Balaban J connectivity index is 1.52. The zero-order valence-electron chi connectivity index (χ0n) is 15.6. The normalized spacial score (nSPS) is 16.8. The van der Waals surface area contributed by atoms with Crippen LogP contribution in [-0.2, 0) is 11.2 Å². The van der Waals surface area contributed by atoms with Gasteiger partial charge in [-0.15, -0.1) is 0 Å². The van der Waals surface area contributed by atoms with Crippen LogP contribution in [0.1, 0.15) is 39.2 Å². The van der Waals surface area contributed by atoms with Gasteiger partial charge >= 0.3 is 0 Å². The van der Waals surface area contributed by atoms with E-state index < -0.39 is 17.7 Å². The zero-order chi connectivity index (χ0) is 20.4. The van der Waals surface area contributed by atoms with Crippen LogP contribution >= 0.6 is 0 Å². The molecule has 0 spiro atoms. The van der Waals surface area contributed by atoms with Gasteiger partial charge in [0, 0.05) is 24.2 Å². The van der Waals surface area contributed by atoms with E-state index in [1.54, 1.807) is 30.0 Å². The molecule has 1 aromatic carbocycles. The molecule has 9 heteroatoms. The Morgan fingerprint density at radius 1 is 1.17 bits per heavy atom. The number of hydrogen-bond donors (Lipinski definition) is 0. The Hall–Kier alpha value is -3.20. The summed E-state index contributed by atoms with van der Waals surface area (Å²) in [4.78, 5) is 18.8. The standard InChI is InChI=1S/C20H18F2N4O3/c1-12-19(25-29-24-12)20(27)26-8-9-28-18(11-26)17-7-2-4-13(23-17)10-14-15(21)5-3-6-16(14)22/h2-7,18H,8-11H2,1H3/t18-/m0/s1. The van der Waals surface area contributed by atoms with Gasteiger partial charge in [0.15, 0.2) is 5.69 Å². The molecule has 0 saturated carbocycles. The first kappa shape index (κ1) is 19.1. The molecule has 2 aromatic heterocycles. The summed E-state index contributed by atoms with van der Waals surface area (Å²) in [6.45, 7) is 2.65. The number of morpholine rings is 1. The summed E-state index contributed by atoms with van der Waals surface area (Å²) in [5, 5.41) is 7.30. The lowest BCUT2D eigenvalue weighted by molar-refractivity contribution is -0.0251. The number of pyridine rings is 1. The summed E-state index contributed by atoms with van der Waals surface area (Å²) >= 11 is 0. The average Bonchev–Trinajstić information content (AvgIpc) is 3.16. The van der Waals surface area contributed by atoms with Crippen LogP contribution in [0.4, 0.5) is 8.78 Å². The number of carbonyl (C=O) groups is 1. The molecule has 29 heavy (non-hydrogen) atoms. The van der Waals surface area contributed by atoms with Crippen LogP contribution in [0, 0.1) is 18.6 Å². The second-order valence-electron chi connectivity index (χ2n) is 6.74. The molecule has 0 radical (unpaired) electrons. The van der Waals surface area contributed by atoms with Gasteiger partial charge in [0.2, 0.25) is 0 Å². The van der Waals surface area contributed by atoms with Crippen molar-refractivity contribution >= 4 is 5.91 Å². The monoisotopic (exact) mass is 400 g/mol. The van der Waals surface area contributed by atoms with Crippen molar-refractivity contribution in [3.8, 4) is 0 Å². The topological polar surface area (TPSA) is 81.4 Å². The number of carbonyl (C=O) groups excluding carboxylic acids is 1. The minimum absolute atomic E-state index is 0.0194. The zero-order valence-corrected chi connectivity index (χ0v) is 15.6. The number of hydrogen-bond acceptors (Lipinski definition) is 6. The van der Waals surface area contributed by atoms with Gasteiger partial charge < -0.3 is 9.64 Å². The maximum atomic E-state index is 13.9. The van der Waals surface area contributed by atoms with E-state index in [-0.39, 0.29) is 30.1 Å². The molecule has 3 aromatic rings. The summed E-state index contributed by atoms with van der Waals surface area (Å²) in [5.41, 5.74) is 1.65. The van der Waals surface area contributed by atoms with E-state index >= 15 is 0 Å². The van der Waals surface area contributed by atoms with Gasteiger partial charge in [-0.1, -0.05) is 17.3 Å².